The van der Waals surface area contributed by atoms with Crippen LogP contribution in [-0.2, 0) is 9.59 Å². The van der Waals surface area contributed by atoms with Gasteiger partial charge >= 0.3 is 0 Å². The molecule has 0 spiro atoms. The SMILES string of the molecule is Cc1cccc(C)c1NC(=O)CNC(=O)[C@@H](C)N1CCC(C)CC1. The molecule has 0 saturated carbocycles. The third-order valence-corrected chi connectivity index (χ3v) is 4.91. The number of benzene rings is 1. The van der Waals surface area contributed by atoms with E-state index in [1.54, 1.807) is 0 Å². The maximum Gasteiger partial charge on any atom is 0.243 e. The molecule has 1 aromatic rings. The summed E-state index contributed by atoms with van der Waals surface area (Å²) in [5, 5.41) is 5.65. The van der Waals surface area contributed by atoms with Crippen LogP contribution in [0.15, 0.2) is 18.2 Å². The number of rotatable bonds is 5. The van der Waals surface area contributed by atoms with E-state index in [4.69, 9.17) is 0 Å². The Morgan fingerprint density at radius 1 is 1.21 bits per heavy atom. The topological polar surface area (TPSA) is 61.4 Å². The molecule has 1 saturated heterocycles. The van der Waals surface area contributed by atoms with Gasteiger partial charge in [0, 0.05) is 5.69 Å². The first-order valence-electron chi connectivity index (χ1n) is 8.76. The van der Waals surface area contributed by atoms with E-state index in [9.17, 15) is 9.59 Å². The second kappa shape index (κ2) is 8.29. The molecule has 0 aromatic heterocycles. The molecule has 0 bridgehead atoms. The quantitative estimate of drug-likeness (QED) is 0.871. The fourth-order valence-corrected chi connectivity index (χ4v) is 3.09. The maximum absolute atomic E-state index is 12.3. The maximum atomic E-state index is 12.3. The third kappa shape index (κ3) is 4.81. The van der Waals surface area contributed by atoms with Gasteiger partial charge in [0.05, 0.1) is 12.6 Å². The van der Waals surface area contributed by atoms with Crippen LogP contribution in [-0.4, -0.2) is 42.4 Å². The Balaban J connectivity index is 1.81. The van der Waals surface area contributed by atoms with Crippen molar-refractivity contribution in [2.75, 3.05) is 25.0 Å². The number of hydrogen-bond donors (Lipinski definition) is 2. The molecule has 1 aromatic carbocycles. The highest BCUT2D eigenvalue weighted by Gasteiger charge is 2.25. The Hall–Kier alpha value is -1.88. The Kier molecular flexibility index (Phi) is 6.37. The van der Waals surface area contributed by atoms with Crippen molar-refractivity contribution in [1.82, 2.24) is 10.2 Å². The van der Waals surface area contributed by atoms with Gasteiger partial charge in [0.15, 0.2) is 0 Å². The molecule has 1 aliphatic heterocycles. The van der Waals surface area contributed by atoms with Crippen LogP contribution in [0.1, 0.15) is 37.8 Å². The lowest BCUT2D eigenvalue weighted by molar-refractivity contribution is -0.128. The van der Waals surface area contributed by atoms with Gasteiger partial charge in [-0.25, -0.2) is 0 Å². The summed E-state index contributed by atoms with van der Waals surface area (Å²) in [7, 11) is 0. The molecule has 1 atom stereocenters. The largest absolute Gasteiger partial charge is 0.346 e. The Labute approximate surface area is 144 Å². The van der Waals surface area contributed by atoms with Crippen LogP contribution >= 0.6 is 0 Å². The average Bonchev–Trinajstić information content (AvgIpc) is 2.56. The number of piperidine rings is 1. The van der Waals surface area contributed by atoms with Gasteiger partial charge in [-0.05, 0) is 63.7 Å². The minimum absolute atomic E-state index is 0.00118. The van der Waals surface area contributed by atoms with Crippen molar-refractivity contribution < 1.29 is 9.59 Å². The number of amides is 2. The zero-order chi connectivity index (χ0) is 17.7. The number of carbonyl (C=O) groups excluding carboxylic acids is 2. The molecular formula is C19H29N3O2. The summed E-state index contributed by atoms with van der Waals surface area (Å²) < 4.78 is 0. The first-order valence-corrected chi connectivity index (χ1v) is 8.76. The fourth-order valence-electron chi connectivity index (χ4n) is 3.09. The van der Waals surface area contributed by atoms with Gasteiger partial charge in [-0.1, -0.05) is 25.1 Å². The van der Waals surface area contributed by atoms with Crippen molar-refractivity contribution in [2.45, 2.75) is 46.6 Å². The zero-order valence-corrected chi connectivity index (χ0v) is 15.2. The minimum atomic E-state index is -0.194. The summed E-state index contributed by atoms with van der Waals surface area (Å²) in [5.41, 5.74) is 2.87. The summed E-state index contributed by atoms with van der Waals surface area (Å²) in [6.45, 7) is 9.98. The predicted molar refractivity (Wildman–Crippen MR) is 97.0 cm³/mol. The fraction of sp³-hybridized carbons (Fsp3) is 0.579. The summed E-state index contributed by atoms with van der Waals surface area (Å²) in [5.74, 6) is 0.459. The van der Waals surface area contributed by atoms with Gasteiger partial charge in [-0.15, -0.1) is 0 Å². The van der Waals surface area contributed by atoms with E-state index in [-0.39, 0.29) is 24.4 Å². The third-order valence-electron chi connectivity index (χ3n) is 4.91. The summed E-state index contributed by atoms with van der Waals surface area (Å²) in [6.07, 6.45) is 2.26. The number of aryl methyl sites for hydroxylation is 2. The summed E-state index contributed by atoms with van der Waals surface area (Å²) >= 11 is 0. The number of nitrogens with zero attached hydrogens (tertiary/aromatic N) is 1. The molecule has 2 amide bonds. The van der Waals surface area contributed by atoms with E-state index in [0.717, 1.165) is 48.7 Å². The number of likely N-dealkylation sites (tertiary alicyclic amines) is 1. The van der Waals surface area contributed by atoms with Crippen LogP contribution in [0, 0.1) is 19.8 Å². The molecule has 0 radical (unpaired) electrons. The van der Waals surface area contributed by atoms with E-state index in [2.05, 4.69) is 22.5 Å². The molecule has 1 fully saturated rings. The first-order chi connectivity index (χ1) is 11.4. The van der Waals surface area contributed by atoms with Gasteiger partial charge in [0.2, 0.25) is 11.8 Å². The lowest BCUT2D eigenvalue weighted by Gasteiger charge is -2.34. The lowest BCUT2D eigenvalue weighted by atomic mass is 9.98. The van der Waals surface area contributed by atoms with Crippen LogP contribution in [0.4, 0.5) is 5.69 Å². The van der Waals surface area contributed by atoms with E-state index < -0.39 is 0 Å². The van der Waals surface area contributed by atoms with Gasteiger partial charge in [-0.3, -0.25) is 14.5 Å². The van der Waals surface area contributed by atoms with Gasteiger partial charge in [0.25, 0.3) is 0 Å². The van der Waals surface area contributed by atoms with E-state index in [1.165, 1.54) is 0 Å². The highest BCUT2D eigenvalue weighted by atomic mass is 16.2. The molecule has 2 rings (SSSR count). The number of nitrogens with one attached hydrogen (secondary N) is 2. The number of hydrogen-bond acceptors (Lipinski definition) is 3. The van der Waals surface area contributed by atoms with Gasteiger partial charge < -0.3 is 10.6 Å². The van der Waals surface area contributed by atoms with Gasteiger partial charge in [0.1, 0.15) is 0 Å². The number of anilines is 1. The van der Waals surface area contributed by atoms with E-state index in [1.807, 2.05) is 39.0 Å². The number of carbonyl (C=O) groups is 2. The van der Waals surface area contributed by atoms with Crippen LogP contribution in [0.2, 0.25) is 0 Å². The van der Waals surface area contributed by atoms with Crippen LogP contribution in [0.25, 0.3) is 0 Å². The highest BCUT2D eigenvalue weighted by Crippen LogP contribution is 2.19. The smallest absolute Gasteiger partial charge is 0.243 e. The van der Waals surface area contributed by atoms with Crippen molar-refractivity contribution >= 4 is 17.5 Å². The van der Waals surface area contributed by atoms with Crippen molar-refractivity contribution in [3.05, 3.63) is 29.3 Å². The van der Waals surface area contributed by atoms with Crippen molar-refractivity contribution in [2.24, 2.45) is 5.92 Å². The molecular weight excluding hydrogens is 302 g/mol. The van der Waals surface area contributed by atoms with Crippen molar-refractivity contribution in [1.29, 1.82) is 0 Å². The predicted octanol–water partition coefficient (Wildman–Crippen LogP) is 2.48. The molecule has 132 valence electrons. The molecule has 2 N–H and O–H groups in total. The first kappa shape index (κ1) is 18.5. The van der Waals surface area contributed by atoms with Crippen LogP contribution < -0.4 is 10.6 Å². The zero-order valence-electron chi connectivity index (χ0n) is 15.2. The highest BCUT2D eigenvalue weighted by molar-refractivity contribution is 5.96. The standard InChI is InChI=1S/C19H29N3O2/c1-13-8-10-22(11-9-13)16(4)19(24)20-12-17(23)21-18-14(2)6-5-7-15(18)3/h5-7,13,16H,8-12H2,1-4H3,(H,20,24)(H,21,23)/t16-/m1/s1. The molecule has 5 heteroatoms. The van der Waals surface area contributed by atoms with E-state index >= 15 is 0 Å². The number of para-hydroxylation sites is 1. The second-order valence-corrected chi connectivity index (χ2v) is 6.93. The van der Waals surface area contributed by atoms with Crippen LogP contribution in [0.3, 0.4) is 0 Å². The molecule has 0 unspecified atom stereocenters. The average molecular weight is 331 g/mol. The Morgan fingerprint density at radius 2 is 1.79 bits per heavy atom. The normalized spacial score (nSPS) is 17.3. The van der Waals surface area contributed by atoms with Crippen molar-refractivity contribution in [3.63, 3.8) is 0 Å². The van der Waals surface area contributed by atoms with E-state index in [0.29, 0.717) is 0 Å². The monoisotopic (exact) mass is 331 g/mol. The molecule has 1 aliphatic rings. The summed E-state index contributed by atoms with van der Waals surface area (Å²) in [4.78, 5) is 26.6. The Morgan fingerprint density at radius 3 is 2.38 bits per heavy atom. The second-order valence-electron chi connectivity index (χ2n) is 6.93. The molecule has 0 aliphatic carbocycles. The minimum Gasteiger partial charge on any atom is -0.346 e. The van der Waals surface area contributed by atoms with Crippen LogP contribution in [0.5, 0.6) is 0 Å². The summed E-state index contributed by atoms with van der Waals surface area (Å²) in [6, 6.07) is 5.69. The Bertz CT molecular complexity index is 572. The van der Waals surface area contributed by atoms with Gasteiger partial charge in [-0.2, -0.15) is 0 Å². The molecule has 24 heavy (non-hydrogen) atoms. The molecule has 5 nitrogen and oxygen atoms in total. The molecule has 1 heterocycles. The van der Waals surface area contributed by atoms with Crippen molar-refractivity contribution in [3.8, 4) is 0 Å². The lowest BCUT2D eigenvalue weighted by Crippen LogP contribution is -2.49.